The molecule has 0 spiro atoms. The molecular weight excluding hydrogens is 242 g/mol. The first-order valence-corrected chi connectivity index (χ1v) is 6.66. The van der Waals surface area contributed by atoms with Crippen molar-refractivity contribution in [2.75, 3.05) is 38.6 Å². The fourth-order valence-electron chi connectivity index (χ4n) is 2.04. The van der Waals surface area contributed by atoms with Crippen LogP contribution in [-0.2, 0) is 0 Å². The summed E-state index contributed by atoms with van der Waals surface area (Å²) < 4.78 is 0. The van der Waals surface area contributed by atoms with Crippen molar-refractivity contribution in [2.24, 2.45) is 0 Å². The molecule has 2 rings (SSSR count). The number of nitrogens with zero attached hydrogens (tertiary/aromatic N) is 4. The topological polar surface area (TPSA) is 61.4 Å². The van der Waals surface area contributed by atoms with E-state index in [1.165, 1.54) is 4.90 Å². The summed E-state index contributed by atoms with van der Waals surface area (Å²) in [6.07, 6.45) is 1.07. The second-order valence-corrected chi connectivity index (χ2v) is 4.98. The Hall–Kier alpha value is -1.69. The largest absolute Gasteiger partial charge is 0.350 e. The highest BCUT2D eigenvalue weighted by atomic mass is 16.2. The number of carbonyl (C=O) groups is 1. The third-order valence-electron chi connectivity index (χ3n) is 3.24. The zero-order valence-corrected chi connectivity index (χ0v) is 11.8. The number of hydrogen-bond donors (Lipinski definition) is 1. The minimum absolute atomic E-state index is 0.119. The standard InChI is InChI=1S/C13H21N5O/c1-4-7-18(10-8-14-9-10)12-6-5-11(15-16-12)13(19)17(2)3/h5-6,10,14H,4,7-9H2,1-3H3. The van der Waals surface area contributed by atoms with Crippen LogP contribution in [0.15, 0.2) is 12.1 Å². The van der Waals surface area contributed by atoms with Crippen LogP contribution in [0.4, 0.5) is 5.82 Å². The van der Waals surface area contributed by atoms with Gasteiger partial charge in [-0.2, -0.15) is 0 Å². The molecule has 0 radical (unpaired) electrons. The minimum atomic E-state index is -0.119. The SMILES string of the molecule is CCCN(c1ccc(C(=O)N(C)C)nn1)C1CNC1. The highest BCUT2D eigenvalue weighted by molar-refractivity contribution is 5.91. The normalized spacial score (nSPS) is 14.9. The molecule has 0 atom stereocenters. The molecule has 104 valence electrons. The van der Waals surface area contributed by atoms with Crippen molar-refractivity contribution < 1.29 is 4.79 Å². The average Bonchev–Trinajstić information content (AvgIpc) is 2.35. The van der Waals surface area contributed by atoms with Gasteiger partial charge < -0.3 is 15.1 Å². The van der Waals surface area contributed by atoms with Crippen LogP contribution in [-0.4, -0.2) is 60.8 Å². The first-order chi connectivity index (χ1) is 9.13. The third-order valence-corrected chi connectivity index (χ3v) is 3.24. The average molecular weight is 263 g/mol. The monoisotopic (exact) mass is 263 g/mol. The molecule has 2 heterocycles. The van der Waals surface area contributed by atoms with Gasteiger partial charge >= 0.3 is 0 Å². The molecule has 1 aliphatic rings. The first kappa shape index (κ1) is 13.7. The van der Waals surface area contributed by atoms with Gasteiger partial charge in [-0.05, 0) is 18.6 Å². The number of hydrogen-bond acceptors (Lipinski definition) is 5. The van der Waals surface area contributed by atoms with Crippen LogP contribution < -0.4 is 10.2 Å². The molecule has 19 heavy (non-hydrogen) atoms. The molecule has 1 fully saturated rings. The molecule has 6 heteroatoms. The van der Waals surface area contributed by atoms with Gasteiger partial charge in [-0.1, -0.05) is 6.92 Å². The summed E-state index contributed by atoms with van der Waals surface area (Å²) in [6.45, 7) is 5.08. The van der Waals surface area contributed by atoms with Crippen molar-refractivity contribution in [1.29, 1.82) is 0 Å². The number of rotatable bonds is 5. The van der Waals surface area contributed by atoms with E-state index < -0.39 is 0 Å². The number of amides is 1. The molecule has 0 aromatic carbocycles. The summed E-state index contributed by atoms with van der Waals surface area (Å²) in [5, 5.41) is 11.5. The van der Waals surface area contributed by atoms with Crippen LogP contribution >= 0.6 is 0 Å². The first-order valence-electron chi connectivity index (χ1n) is 6.66. The smallest absolute Gasteiger partial charge is 0.273 e. The molecule has 1 N–H and O–H groups in total. The van der Waals surface area contributed by atoms with Gasteiger partial charge in [0.15, 0.2) is 11.5 Å². The minimum Gasteiger partial charge on any atom is -0.350 e. The van der Waals surface area contributed by atoms with Crippen molar-refractivity contribution in [3.05, 3.63) is 17.8 Å². The second kappa shape index (κ2) is 5.97. The summed E-state index contributed by atoms with van der Waals surface area (Å²) in [5.41, 5.74) is 0.386. The Morgan fingerprint density at radius 1 is 1.37 bits per heavy atom. The maximum absolute atomic E-state index is 11.8. The molecule has 6 nitrogen and oxygen atoms in total. The lowest BCUT2D eigenvalue weighted by Crippen LogP contribution is -2.57. The summed E-state index contributed by atoms with van der Waals surface area (Å²) in [4.78, 5) is 15.5. The number of carbonyl (C=O) groups excluding carboxylic acids is 1. The van der Waals surface area contributed by atoms with Gasteiger partial charge in [-0.3, -0.25) is 4.79 Å². The highest BCUT2D eigenvalue weighted by Gasteiger charge is 2.25. The fraction of sp³-hybridized carbons (Fsp3) is 0.615. The Morgan fingerprint density at radius 2 is 2.11 bits per heavy atom. The van der Waals surface area contributed by atoms with Gasteiger partial charge in [0.2, 0.25) is 0 Å². The van der Waals surface area contributed by atoms with E-state index in [0.29, 0.717) is 11.7 Å². The van der Waals surface area contributed by atoms with E-state index >= 15 is 0 Å². The quantitative estimate of drug-likeness (QED) is 0.831. The zero-order valence-electron chi connectivity index (χ0n) is 11.8. The van der Waals surface area contributed by atoms with Gasteiger partial charge in [-0.25, -0.2) is 0 Å². The summed E-state index contributed by atoms with van der Waals surface area (Å²) in [6, 6.07) is 4.13. The van der Waals surface area contributed by atoms with Gasteiger partial charge in [0.25, 0.3) is 5.91 Å². The van der Waals surface area contributed by atoms with Crippen LogP contribution in [0.2, 0.25) is 0 Å². The molecule has 0 aliphatic carbocycles. The van der Waals surface area contributed by atoms with E-state index in [-0.39, 0.29) is 5.91 Å². The predicted molar refractivity (Wildman–Crippen MR) is 74.3 cm³/mol. The summed E-state index contributed by atoms with van der Waals surface area (Å²) >= 11 is 0. The number of nitrogens with one attached hydrogen (secondary N) is 1. The Morgan fingerprint density at radius 3 is 2.53 bits per heavy atom. The zero-order chi connectivity index (χ0) is 13.8. The molecule has 1 aromatic rings. The second-order valence-electron chi connectivity index (χ2n) is 4.98. The van der Waals surface area contributed by atoms with Crippen LogP contribution in [0.5, 0.6) is 0 Å². The summed E-state index contributed by atoms with van der Waals surface area (Å²) in [5.74, 6) is 0.732. The van der Waals surface area contributed by atoms with Crippen LogP contribution in [0.3, 0.4) is 0 Å². The molecule has 1 aromatic heterocycles. The van der Waals surface area contributed by atoms with E-state index in [0.717, 1.165) is 31.9 Å². The van der Waals surface area contributed by atoms with Gasteiger partial charge in [0, 0.05) is 33.7 Å². The van der Waals surface area contributed by atoms with Crippen molar-refractivity contribution >= 4 is 11.7 Å². The van der Waals surface area contributed by atoms with Crippen molar-refractivity contribution in [1.82, 2.24) is 20.4 Å². The Kier molecular flexibility index (Phi) is 4.31. The van der Waals surface area contributed by atoms with E-state index in [2.05, 4.69) is 27.3 Å². The van der Waals surface area contributed by atoms with E-state index in [9.17, 15) is 4.79 Å². The van der Waals surface area contributed by atoms with Gasteiger partial charge in [-0.15, -0.1) is 10.2 Å². The molecule has 0 unspecified atom stereocenters. The van der Waals surface area contributed by atoms with Crippen LogP contribution in [0.25, 0.3) is 0 Å². The van der Waals surface area contributed by atoms with Gasteiger partial charge in [0.1, 0.15) is 0 Å². The lowest BCUT2D eigenvalue weighted by Gasteiger charge is -2.38. The maximum atomic E-state index is 11.8. The van der Waals surface area contributed by atoms with E-state index in [1.807, 2.05) is 6.07 Å². The van der Waals surface area contributed by atoms with E-state index in [4.69, 9.17) is 0 Å². The van der Waals surface area contributed by atoms with Gasteiger partial charge in [0.05, 0.1) is 6.04 Å². The van der Waals surface area contributed by atoms with Crippen LogP contribution in [0.1, 0.15) is 23.8 Å². The summed E-state index contributed by atoms with van der Waals surface area (Å²) in [7, 11) is 3.42. The molecule has 1 saturated heterocycles. The van der Waals surface area contributed by atoms with Crippen molar-refractivity contribution in [2.45, 2.75) is 19.4 Å². The Balaban J connectivity index is 2.13. The fourth-order valence-corrected chi connectivity index (χ4v) is 2.04. The third kappa shape index (κ3) is 3.01. The molecular formula is C13H21N5O. The predicted octanol–water partition coefficient (Wildman–Crippen LogP) is 0.367. The lowest BCUT2D eigenvalue weighted by molar-refractivity contribution is 0.0821. The maximum Gasteiger partial charge on any atom is 0.273 e. The molecule has 1 amide bonds. The lowest BCUT2D eigenvalue weighted by atomic mass is 10.1. The van der Waals surface area contributed by atoms with Crippen molar-refractivity contribution in [3.8, 4) is 0 Å². The Bertz CT molecular complexity index is 427. The number of anilines is 1. The number of aromatic nitrogens is 2. The molecule has 0 bridgehead atoms. The highest BCUT2D eigenvalue weighted by Crippen LogP contribution is 2.16. The van der Waals surface area contributed by atoms with E-state index in [1.54, 1.807) is 20.2 Å². The molecule has 1 aliphatic heterocycles. The Labute approximate surface area is 113 Å². The van der Waals surface area contributed by atoms with Crippen LogP contribution in [0, 0.1) is 0 Å². The van der Waals surface area contributed by atoms with Crippen molar-refractivity contribution in [3.63, 3.8) is 0 Å². The molecule has 0 saturated carbocycles.